The van der Waals surface area contributed by atoms with Crippen molar-refractivity contribution in [3.8, 4) is 0 Å². The molecule has 0 saturated carbocycles. The normalized spacial score (nSPS) is 17.8. The first kappa shape index (κ1) is 8.47. The molecule has 0 fully saturated rings. The molecule has 0 saturated heterocycles. The molecular weight excluding hydrogens is 163 g/mol. The van der Waals surface area contributed by atoms with Gasteiger partial charge in [-0.3, -0.25) is 4.57 Å². The molecule has 11 heavy (non-hydrogen) atoms. The van der Waals surface area contributed by atoms with Crippen LogP contribution in [0.15, 0.2) is 35.7 Å². The fourth-order valence-electron chi connectivity index (χ4n) is 0.762. The Hall–Kier alpha value is -0.630. The predicted octanol–water partition coefficient (Wildman–Crippen LogP) is 1.56. The molecule has 0 radical (unpaired) electrons. The third-order valence-electron chi connectivity index (χ3n) is 1.30. The van der Waals surface area contributed by atoms with Gasteiger partial charge in [0.25, 0.3) is 0 Å². The molecular formula is C7H9O3P. The first-order chi connectivity index (χ1) is 5.11. The lowest BCUT2D eigenvalue weighted by Crippen LogP contribution is -1.79. The molecule has 0 spiro atoms. The van der Waals surface area contributed by atoms with Gasteiger partial charge in [0.15, 0.2) is 0 Å². The van der Waals surface area contributed by atoms with Crippen LogP contribution < -0.4 is 0 Å². The summed E-state index contributed by atoms with van der Waals surface area (Å²) in [5, 5.41) is 0.0752. The lowest BCUT2D eigenvalue weighted by atomic mass is 10.4. The molecule has 1 rings (SSSR count). The second kappa shape index (κ2) is 3.18. The van der Waals surface area contributed by atoms with Crippen molar-refractivity contribution in [2.24, 2.45) is 0 Å². The minimum absolute atomic E-state index is 0.0752. The van der Waals surface area contributed by atoms with E-state index in [1.807, 2.05) is 6.08 Å². The van der Waals surface area contributed by atoms with Crippen molar-refractivity contribution in [2.75, 3.05) is 0 Å². The van der Waals surface area contributed by atoms with Crippen LogP contribution >= 0.6 is 7.60 Å². The fraction of sp³-hybridized carbons (Fsp3) is 0.143. The third-order valence-corrected chi connectivity index (χ3v) is 2.27. The Bertz CT molecular complexity index is 269. The van der Waals surface area contributed by atoms with Crippen LogP contribution in [0.1, 0.15) is 6.42 Å². The van der Waals surface area contributed by atoms with E-state index in [1.54, 1.807) is 12.2 Å². The van der Waals surface area contributed by atoms with Crippen LogP contribution in [0.3, 0.4) is 0 Å². The van der Waals surface area contributed by atoms with Gasteiger partial charge in [0.05, 0.1) is 5.31 Å². The SMILES string of the molecule is O=P(O)(O)C1=CC=CCC=C1. The molecule has 3 nitrogen and oxygen atoms in total. The highest BCUT2D eigenvalue weighted by Gasteiger charge is 2.17. The minimum Gasteiger partial charge on any atom is -0.321 e. The van der Waals surface area contributed by atoms with Gasteiger partial charge in [-0.2, -0.15) is 0 Å². The maximum atomic E-state index is 10.7. The molecule has 0 aromatic carbocycles. The molecule has 0 bridgehead atoms. The van der Waals surface area contributed by atoms with Gasteiger partial charge >= 0.3 is 7.60 Å². The topological polar surface area (TPSA) is 57.5 Å². The molecule has 0 unspecified atom stereocenters. The van der Waals surface area contributed by atoms with Crippen LogP contribution in [-0.4, -0.2) is 9.79 Å². The van der Waals surface area contributed by atoms with Gasteiger partial charge in [-0.1, -0.05) is 24.3 Å². The van der Waals surface area contributed by atoms with Gasteiger partial charge in [0.2, 0.25) is 0 Å². The molecule has 4 heteroatoms. The Morgan fingerprint density at radius 1 is 1.36 bits per heavy atom. The summed E-state index contributed by atoms with van der Waals surface area (Å²) in [6, 6.07) is 0. The molecule has 0 amide bonds. The molecule has 60 valence electrons. The summed E-state index contributed by atoms with van der Waals surface area (Å²) in [6.45, 7) is 0. The number of hydrogen-bond acceptors (Lipinski definition) is 1. The molecule has 0 aliphatic heterocycles. The quantitative estimate of drug-likeness (QED) is 0.590. The first-order valence-corrected chi connectivity index (χ1v) is 4.81. The van der Waals surface area contributed by atoms with Crippen molar-refractivity contribution < 1.29 is 14.4 Å². The molecule has 0 aromatic rings. The number of allylic oxidation sites excluding steroid dienone is 6. The zero-order chi connectivity index (χ0) is 8.32. The van der Waals surface area contributed by atoms with Gasteiger partial charge in [-0.05, 0) is 12.5 Å². The maximum Gasteiger partial charge on any atom is 0.356 e. The smallest absolute Gasteiger partial charge is 0.321 e. The summed E-state index contributed by atoms with van der Waals surface area (Å²) >= 11 is 0. The van der Waals surface area contributed by atoms with E-state index < -0.39 is 7.60 Å². The Morgan fingerprint density at radius 3 is 2.73 bits per heavy atom. The fourth-order valence-corrected chi connectivity index (χ4v) is 1.34. The highest BCUT2D eigenvalue weighted by Crippen LogP contribution is 2.45. The van der Waals surface area contributed by atoms with Crippen molar-refractivity contribution in [1.29, 1.82) is 0 Å². The second-order valence-corrected chi connectivity index (χ2v) is 3.81. The summed E-state index contributed by atoms with van der Waals surface area (Å²) < 4.78 is 10.7. The van der Waals surface area contributed by atoms with E-state index in [0.717, 1.165) is 6.42 Å². The predicted molar refractivity (Wildman–Crippen MR) is 43.0 cm³/mol. The average Bonchev–Trinajstić information content (AvgIpc) is 2.10. The van der Waals surface area contributed by atoms with Crippen LogP contribution in [0.25, 0.3) is 0 Å². The summed E-state index contributed by atoms with van der Waals surface area (Å²) in [6.07, 6.45) is 8.81. The summed E-state index contributed by atoms with van der Waals surface area (Å²) in [5.74, 6) is 0. The molecule has 1 aliphatic rings. The molecule has 2 N–H and O–H groups in total. The van der Waals surface area contributed by atoms with Crippen LogP contribution in [0.2, 0.25) is 0 Å². The van der Waals surface area contributed by atoms with Crippen molar-refractivity contribution in [1.82, 2.24) is 0 Å². The van der Waals surface area contributed by atoms with Crippen LogP contribution in [0.5, 0.6) is 0 Å². The highest BCUT2D eigenvalue weighted by atomic mass is 31.2. The van der Waals surface area contributed by atoms with Gasteiger partial charge in [0.1, 0.15) is 0 Å². The van der Waals surface area contributed by atoms with Crippen molar-refractivity contribution in [2.45, 2.75) is 6.42 Å². The monoisotopic (exact) mass is 172 g/mol. The van der Waals surface area contributed by atoms with Crippen LogP contribution in [0.4, 0.5) is 0 Å². The second-order valence-electron chi connectivity index (χ2n) is 2.20. The highest BCUT2D eigenvalue weighted by molar-refractivity contribution is 7.56. The van der Waals surface area contributed by atoms with Crippen LogP contribution in [-0.2, 0) is 4.57 Å². The summed E-state index contributed by atoms with van der Waals surface area (Å²) in [4.78, 5) is 17.5. The summed E-state index contributed by atoms with van der Waals surface area (Å²) in [5.41, 5.74) is 0. The average molecular weight is 172 g/mol. The van der Waals surface area contributed by atoms with E-state index in [9.17, 15) is 4.57 Å². The Labute approximate surface area is 64.9 Å². The zero-order valence-electron chi connectivity index (χ0n) is 5.84. The number of hydrogen-bond donors (Lipinski definition) is 2. The standard InChI is InChI=1S/C7H9O3P/c8-11(9,10)7-5-3-1-2-4-6-7/h1,3-6H,2H2,(H2,8,9,10). The maximum absolute atomic E-state index is 10.7. The van der Waals surface area contributed by atoms with E-state index in [4.69, 9.17) is 9.79 Å². The minimum atomic E-state index is -4.05. The van der Waals surface area contributed by atoms with Gasteiger partial charge < -0.3 is 9.79 Å². The van der Waals surface area contributed by atoms with Crippen molar-refractivity contribution in [3.63, 3.8) is 0 Å². The van der Waals surface area contributed by atoms with Gasteiger partial charge in [-0.15, -0.1) is 0 Å². The van der Waals surface area contributed by atoms with E-state index in [-0.39, 0.29) is 5.31 Å². The van der Waals surface area contributed by atoms with Crippen LogP contribution in [0, 0.1) is 0 Å². The lowest BCUT2D eigenvalue weighted by molar-refractivity contribution is 0.383. The molecule has 0 heterocycles. The van der Waals surface area contributed by atoms with Gasteiger partial charge in [-0.25, -0.2) is 0 Å². The third kappa shape index (κ3) is 2.46. The largest absolute Gasteiger partial charge is 0.356 e. The lowest BCUT2D eigenvalue weighted by Gasteiger charge is -2.01. The van der Waals surface area contributed by atoms with Gasteiger partial charge in [0, 0.05) is 0 Å². The first-order valence-electron chi connectivity index (χ1n) is 3.20. The molecule has 0 atom stereocenters. The van der Waals surface area contributed by atoms with E-state index in [1.165, 1.54) is 12.2 Å². The Kier molecular flexibility index (Phi) is 2.45. The summed E-state index contributed by atoms with van der Waals surface area (Å²) in [7, 11) is -4.05. The Morgan fingerprint density at radius 2 is 2.09 bits per heavy atom. The van der Waals surface area contributed by atoms with E-state index >= 15 is 0 Å². The van der Waals surface area contributed by atoms with E-state index in [0.29, 0.717) is 0 Å². The van der Waals surface area contributed by atoms with Crippen molar-refractivity contribution >= 4 is 7.60 Å². The molecule has 0 aromatic heterocycles. The molecule has 1 aliphatic carbocycles. The van der Waals surface area contributed by atoms with E-state index in [2.05, 4.69) is 0 Å². The zero-order valence-corrected chi connectivity index (χ0v) is 6.74. The Balaban J connectivity index is 2.95. The van der Waals surface area contributed by atoms with Crippen molar-refractivity contribution in [3.05, 3.63) is 35.7 Å². The number of rotatable bonds is 1.